The van der Waals surface area contributed by atoms with Crippen molar-refractivity contribution >= 4 is 23.5 Å². The van der Waals surface area contributed by atoms with Gasteiger partial charge in [-0.25, -0.2) is 4.79 Å². The summed E-state index contributed by atoms with van der Waals surface area (Å²) >= 11 is 1.82. The first-order valence-electron chi connectivity index (χ1n) is 8.83. The van der Waals surface area contributed by atoms with E-state index in [-0.39, 0.29) is 11.6 Å². The second-order valence-corrected chi connectivity index (χ2v) is 7.91. The Labute approximate surface area is 150 Å². The molecule has 0 radical (unpaired) electrons. The minimum absolute atomic E-state index is 0.0502. The summed E-state index contributed by atoms with van der Waals surface area (Å²) in [5, 5.41) is 13.1. The van der Waals surface area contributed by atoms with Crippen LogP contribution in [0.5, 0.6) is 0 Å². The third-order valence-corrected chi connectivity index (χ3v) is 5.50. The molecule has 2 atom stereocenters. The Morgan fingerprint density at radius 1 is 1.42 bits per heavy atom. The van der Waals surface area contributed by atoms with E-state index in [0.29, 0.717) is 6.54 Å². The molecule has 24 heavy (non-hydrogen) atoms. The number of benzene rings is 1. The number of hydrogen-bond acceptors (Lipinski definition) is 3. The second kappa shape index (κ2) is 8.65. The lowest BCUT2D eigenvalue weighted by Crippen LogP contribution is -2.54. The second-order valence-electron chi connectivity index (χ2n) is 7.04. The van der Waals surface area contributed by atoms with Gasteiger partial charge in [0.05, 0.1) is 0 Å². The first-order valence-corrected chi connectivity index (χ1v) is 10.2. The van der Waals surface area contributed by atoms with Crippen LogP contribution < -0.4 is 5.32 Å². The molecule has 0 aliphatic carbocycles. The van der Waals surface area contributed by atoms with Crippen molar-refractivity contribution in [3.63, 3.8) is 0 Å². The van der Waals surface area contributed by atoms with Gasteiger partial charge in [-0.3, -0.25) is 0 Å². The van der Waals surface area contributed by atoms with Gasteiger partial charge in [-0.2, -0.15) is 11.8 Å². The zero-order valence-electron chi connectivity index (χ0n) is 15.0. The van der Waals surface area contributed by atoms with Gasteiger partial charge in [-0.05, 0) is 50.1 Å². The highest BCUT2D eigenvalue weighted by Crippen LogP contribution is 2.32. The summed E-state index contributed by atoms with van der Waals surface area (Å²) in [5.41, 5.74) is 2.41. The number of carbonyl (C=O) groups is 1. The van der Waals surface area contributed by atoms with E-state index in [9.17, 15) is 9.90 Å². The molecule has 0 spiro atoms. The normalized spacial score (nSPS) is 24.0. The number of likely N-dealkylation sites (tertiary alicyclic amines) is 1. The quantitative estimate of drug-likeness (QED) is 0.722. The van der Waals surface area contributed by atoms with Crippen molar-refractivity contribution in [2.45, 2.75) is 63.3 Å². The predicted octanol–water partition coefficient (Wildman–Crippen LogP) is 5.05. The van der Waals surface area contributed by atoms with Gasteiger partial charge in [0.15, 0.2) is 0 Å². The third kappa shape index (κ3) is 5.07. The Morgan fingerprint density at radius 3 is 2.71 bits per heavy atom. The summed E-state index contributed by atoms with van der Waals surface area (Å²) in [6, 6.07) is 8.74. The highest BCUT2D eigenvalue weighted by molar-refractivity contribution is 7.97. The van der Waals surface area contributed by atoms with E-state index >= 15 is 0 Å². The van der Waals surface area contributed by atoms with E-state index in [0.717, 1.165) is 43.5 Å². The number of carboxylic acid groups (broad SMARTS) is 1. The Kier molecular flexibility index (Phi) is 6.84. The van der Waals surface area contributed by atoms with Gasteiger partial charge >= 0.3 is 6.09 Å². The molecule has 1 aromatic rings. The summed E-state index contributed by atoms with van der Waals surface area (Å²) in [6.07, 6.45) is 6.17. The molecule has 1 heterocycles. The molecule has 4 nitrogen and oxygen atoms in total. The molecule has 2 unspecified atom stereocenters. The van der Waals surface area contributed by atoms with Gasteiger partial charge in [0.2, 0.25) is 0 Å². The maximum Gasteiger partial charge on any atom is 0.407 e. The van der Waals surface area contributed by atoms with Gasteiger partial charge in [0.1, 0.15) is 0 Å². The summed E-state index contributed by atoms with van der Waals surface area (Å²) in [6.45, 7) is 4.99. The van der Waals surface area contributed by atoms with E-state index in [1.807, 2.05) is 11.8 Å². The lowest BCUT2D eigenvalue weighted by atomic mass is 9.83. The molecule has 2 rings (SSSR count). The van der Waals surface area contributed by atoms with Crippen LogP contribution in [-0.2, 0) is 5.75 Å². The average Bonchev–Trinajstić information content (AvgIpc) is 2.54. The number of nitrogens with one attached hydrogen (secondary N) is 1. The van der Waals surface area contributed by atoms with Crippen LogP contribution in [0.4, 0.5) is 10.5 Å². The van der Waals surface area contributed by atoms with Crippen molar-refractivity contribution in [2.75, 3.05) is 18.1 Å². The number of unbranched alkanes of at least 4 members (excludes halogenated alkanes) is 1. The number of amides is 1. The minimum atomic E-state index is -0.778. The van der Waals surface area contributed by atoms with Gasteiger partial charge in [0.25, 0.3) is 0 Å². The zero-order valence-corrected chi connectivity index (χ0v) is 15.9. The maximum atomic E-state index is 11.5. The molecule has 0 saturated carbocycles. The van der Waals surface area contributed by atoms with Crippen molar-refractivity contribution in [2.24, 2.45) is 0 Å². The Balaban J connectivity index is 2.04. The monoisotopic (exact) mass is 350 g/mol. The topological polar surface area (TPSA) is 52.6 Å². The van der Waals surface area contributed by atoms with Gasteiger partial charge in [0, 0.05) is 29.6 Å². The molecular formula is C19H30N2O2S. The molecule has 1 aliphatic rings. The number of thioether (sulfide) groups is 1. The fraction of sp³-hybridized carbons (Fsp3) is 0.632. The fourth-order valence-electron chi connectivity index (χ4n) is 3.54. The van der Waals surface area contributed by atoms with E-state index in [1.54, 1.807) is 4.90 Å². The van der Waals surface area contributed by atoms with E-state index in [2.05, 4.69) is 49.7 Å². The van der Waals surface area contributed by atoms with E-state index in [1.165, 1.54) is 5.56 Å². The average molecular weight is 351 g/mol. The van der Waals surface area contributed by atoms with Gasteiger partial charge in [-0.15, -0.1) is 0 Å². The number of piperidine rings is 1. The minimum Gasteiger partial charge on any atom is -0.465 e. The molecule has 1 amide bonds. The standard InChI is InChI=1S/C19H30N2O2S/c1-4-5-6-17-13-19(2,11-12-21(17)18(22)23)20-16-9-7-15(8-10-16)14-24-3/h7-10,17,20H,4-6,11-14H2,1-3H3,(H,22,23). The number of rotatable bonds is 7. The fourth-order valence-corrected chi connectivity index (χ4v) is 4.07. The van der Waals surface area contributed by atoms with Crippen LogP contribution in [0.1, 0.15) is 51.5 Å². The zero-order chi connectivity index (χ0) is 17.6. The molecule has 0 bridgehead atoms. The molecule has 1 aromatic carbocycles. The van der Waals surface area contributed by atoms with Crippen molar-refractivity contribution in [1.82, 2.24) is 4.90 Å². The Morgan fingerprint density at radius 2 is 2.12 bits per heavy atom. The predicted molar refractivity (Wildman–Crippen MR) is 103 cm³/mol. The lowest BCUT2D eigenvalue weighted by Gasteiger charge is -2.45. The number of hydrogen-bond donors (Lipinski definition) is 2. The Bertz CT molecular complexity index is 535. The maximum absolute atomic E-state index is 11.5. The van der Waals surface area contributed by atoms with E-state index < -0.39 is 6.09 Å². The van der Waals surface area contributed by atoms with Crippen LogP contribution in [0.15, 0.2) is 24.3 Å². The molecule has 1 fully saturated rings. The van der Waals surface area contributed by atoms with Crippen molar-refractivity contribution in [3.8, 4) is 0 Å². The van der Waals surface area contributed by atoms with Gasteiger partial charge < -0.3 is 15.3 Å². The van der Waals surface area contributed by atoms with Crippen molar-refractivity contribution in [1.29, 1.82) is 0 Å². The summed E-state index contributed by atoms with van der Waals surface area (Å²) in [4.78, 5) is 13.1. The summed E-state index contributed by atoms with van der Waals surface area (Å²) in [7, 11) is 0. The molecule has 2 N–H and O–H groups in total. The van der Waals surface area contributed by atoms with Crippen molar-refractivity contribution < 1.29 is 9.90 Å². The largest absolute Gasteiger partial charge is 0.465 e. The van der Waals surface area contributed by atoms with Crippen molar-refractivity contribution in [3.05, 3.63) is 29.8 Å². The molecule has 5 heteroatoms. The first kappa shape index (κ1) is 19.0. The van der Waals surface area contributed by atoms with Crippen LogP contribution in [0, 0.1) is 0 Å². The van der Waals surface area contributed by atoms with Gasteiger partial charge in [-0.1, -0.05) is 31.9 Å². The molecular weight excluding hydrogens is 320 g/mol. The highest BCUT2D eigenvalue weighted by Gasteiger charge is 2.38. The van der Waals surface area contributed by atoms with Crippen LogP contribution in [0.25, 0.3) is 0 Å². The molecule has 0 aromatic heterocycles. The third-order valence-electron chi connectivity index (χ3n) is 4.88. The summed E-state index contributed by atoms with van der Waals surface area (Å²) < 4.78 is 0. The van der Waals surface area contributed by atoms with Crippen LogP contribution in [-0.4, -0.2) is 40.5 Å². The number of nitrogens with zero attached hydrogens (tertiary/aromatic N) is 1. The smallest absolute Gasteiger partial charge is 0.407 e. The molecule has 134 valence electrons. The Hall–Kier alpha value is -1.36. The summed E-state index contributed by atoms with van der Waals surface area (Å²) in [5.74, 6) is 1.03. The SMILES string of the molecule is CCCCC1CC(C)(Nc2ccc(CSC)cc2)CCN1C(=O)O. The first-order chi connectivity index (χ1) is 11.5. The highest BCUT2D eigenvalue weighted by atomic mass is 32.2. The van der Waals surface area contributed by atoms with E-state index in [4.69, 9.17) is 0 Å². The number of anilines is 1. The molecule has 1 aliphatic heterocycles. The van der Waals surface area contributed by atoms with Crippen LogP contribution in [0.3, 0.4) is 0 Å². The molecule has 1 saturated heterocycles. The lowest BCUT2D eigenvalue weighted by molar-refractivity contribution is 0.0848. The van der Waals surface area contributed by atoms with Crippen LogP contribution in [0.2, 0.25) is 0 Å². The van der Waals surface area contributed by atoms with Crippen LogP contribution >= 0.6 is 11.8 Å².